The second-order valence-electron chi connectivity index (χ2n) is 6.01. The van der Waals surface area contributed by atoms with Gasteiger partial charge in [-0.3, -0.25) is 4.90 Å². The zero-order valence-electron chi connectivity index (χ0n) is 12.0. The lowest BCUT2D eigenvalue weighted by molar-refractivity contribution is 0.257. The number of furan rings is 1. The van der Waals surface area contributed by atoms with E-state index in [2.05, 4.69) is 36.2 Å². The maximum absolute atomic E-state index is 6.00. The molecule has 3 rings (SSSR count). The average molecular weight is 260 g/mol. The molecular weight excluding hydrogens is 236 g/mol. The van der Waals surface area contributed by atoms with Crippen LogP contribution in [0.1, 0.15) is 43.3 Å². The van der Waals surface area contributed by atoms with Crippen molar-refractivity contribution in [2.45, 2.75) is 52.2 Å². The van der Waals surface area contributed by atoms with Gasteiger partial charge in [0.1, 0.15) is 11.5 Å². The largest absolute Gasteiger partial charge is 0.463 e. The topological polar surface area (TPSA) is 28.4 Å². The van der Waals surface area contributed by atoms with Gasteiger partial charge in [0.05, 0.1) is 13.1 Å². The molecule has 0 spiro atoms. The van der Waals surface area contributed by atoms with Crippen molar-refractivity contribution >= 4 is 0 Å². The normalized spacial score (nSPS) is 20.6. The highest BCUT2D eigenvalue weighted by molar-refractivity contribution is 5.20. The lowest BCUT2D eigenvalue weighted by atomic mass is 10.1. The SMILES string of the molecule is CC1=CCN(Cc2cc(C)c(CNC3CC3)o2)CC1. The van der Waals surface area contributed by atoms with E-state index in [1.807, 2.05) is 0 Å². The molecule has 3 heteroatoms. The second-order valence-corrected chi connectivity index (χ2v) is 6.01. The zero-order valence-corrected chi connectivity index (χ0v) is 12.0. The summed E-state index contributed by atoms with van der Waals surface area (Å²) in [4.78, 5) is 2.45. The quantitative estimate of drug-likeness (QED) is 0.825. The molecule has 0 aromatic carbocycles. The van der Waals surface area contributed by atoms with Crippen LogP contribution in [0.2, 0.25) is 0 Å². The number of aryl methyl sites for hydroxylation is 1. The fraction of sp³-hybridized carbons (Fsp3) is 0.625. The highest BCUT2D eigenvalue weighted by Gasteiger charge is 2.21. The molecule has 3 nitrogen and oxygen atoms in total. The van der Waals surface area contributed by atoms with Crippen LogP contribution in [0.15, 0.2) is 22.1 Å². The Labute approximate surface area is 115 Å². The van der Waals surface area contributed by atoms with E-state index in [-0.39, 0.29) is 0 Å². The van der Waals surface area contributed by atoms with Gasteiger partial charge in [0, 0.05) is 19.1 Å². The molecule has 0 saturated heterocycles. The molecule has 104 valence electrons. The van der Waals surface area contributed by atoms with Crippen molar-refractivity contribution in [3.63, 3.8) is 0 Å². The standard InChI is InChI=1S/C16H24N2O/c1-12-5-7-18(8-6-12)11-15-9-13(2)16(19-15)10-17-14-3-4-14/h5,9,14,17H,3-4,6-8,10-11H2,1-2H3. The number of hydrogen-bond acceptors (Lipinski definition) is 3. The Kier molecular flexibility index (Phi) is 3.76. The van der Waals surface area contributed by atoms with E-state index in [0.29, 0.717) is 0 Å². The third-order valence-electron chi connectivity index (χ3n) is 4.10. The number of hydrogen-bond donors (Lipinski definition) is 1. The van der Waals surface area contributed by atoms with Gasteiger partial charge < -0.3 is 9.73 Å². The van der Waals surface area contributed by atoms with Gasteiger partial charge in [0.2, 0.25) is 0 Å². The Balaban J connectivity index is 1.56. The highest BCUT2D eigenvalue weighted by Crippen LogP contribution is 2.22. The number of nitrogens with one attached hydrogen (secondary N) is 1. The van der Waals surface area contributed by atoms with Gasteiger partial charge in [-0.05, 0) is 44.7 Å². The first kappa shape index (κ1) is 12.9. The highest BCUT2D eigenvalue weighted by atomic mass is 16.3. The van der Waals surface area contributed by atoms with Crippen molar-refractivity contribution in [2.24, 2.45) is 0 Å². The summed E-state index contributed by atoms with van der Waals surface area (Å²) in [5.74, 6) is 2.23. The lowest BCUT2D eigenvalue weighted by Crippen LogP contribution is -2.27. The summed E-state index contributed by atoms with van der Waals surface area (Å²) in [6, 6.07) is 2.94. The van der Waals surface area contributed by atoms with Gasteiger partial charge in [0.15, 0.2) is 0 Å². The summed E-state index contributed by atoms with van der Waals surface area (Å²) in [7, 11) is 0. The average Bonchev–Trinajstić information content (AvgIpc) is 3.15. The van der Waals surface area contributed by atoms with Crippen LogP contribution in [-0.2, 0) is 13.1 Å². The number of nitrogens with zero attached hydrogens (tertiary/aromatic N) is 1. The van der Waals surface area contributed by atoms with Crippen LogP contribution in [0.3, 0.4) is 0 Å². The minimum absolute atomic E-state index is 0.739. The second kappa shape index (κ2) is 5.51. The molecule has 19 heavy (non-hydrogen) atoms. The maximum Gasteiger partial charge on any atom is 0.120 e. The van der Waals surface area contributed by atoms with E-state index in [9.17, 15) is 0 Å². The van der Waals surface area contributed by atoms with Gasteiger partial charge in [-0.25, -0.2) is 0 Å². The van der Waals surface area contributed by atoms with E-state index < -0.39 is 0 Å². The monoisotopic (exact) mass is 260 g/mol. The Bertz CT molecular complexity index is 471. The van der Waals surface area contributed by atoms with E-state index in [0.717, 1.165) is 43.7 Å². The van der Waals surface area contributed by atoms with Crippen molar-refractivity contribution in [3.8, 4) is 0 Å². The van der Waals surface area contributed by atoms with Gasteiger partial charge >= 0.3 is 0 Å². The van der Waals surface area contributed by atoms with Crippen LogP contribution in [0.5, 0.6) is 0 Å². The van der Waals surface area contributed by atoms with Crippen molar-refractivity contribution in [2.75, 3.05) is 13.1 Å². The smallest absolute Gasteiger partial charge is 0.120 e. The maximum atomic E-state index is 6.00. The van der Waals surface area contributed by atoms with Crippen molar-refractivity contribution < 1.29 is 4.42 Å². The molecule has 0 bridgehead atoms. The van der Waals surface area contributed by atoms with Gasteiger partial charge in [-0.1, -0.05) is 11.6 Å². The summed E-state index contributed by atoms with van der Waals surface area (Å²) in [5.41, 5.74) is 2.80. The fourth-order valence-electron chi connectivity index (χ4n) is 2.54. The van der Waals surface area contributed by atoms with Crippen LogP contribution in [0.4, 0.5) is 0 Å². The Morgan fingerprint density at radius 3 is 2.89 bits per heavy atom. The van der Waals surface area contributed by atoms with E-state index in [4.69, 9.17) is 4.42 Å². The van der Waals surface area contributed by atoms with E-state index >= 15 is 0 Å². The molecule has 0 atom stereocenters. The summed E-state index contributed by atoms with van der Waals surface area (Å²) < 4.78 is 6.00. The zero-order chi connectivity index (χ0) is 13.2. The molecule has 2 aliphatic rings. The van der Waals surface area contributed by atoms with Gasteiger partial charge in [-0.15, -0.1) is 0 Å². The molecule has 1 aliphatic carbocycles. The Morgan fingerprint density at radius 2 is 2.21 bits per heavy atom. The van der Waals surface area contributed by atoms with Crippen LogP contribution in [0, 0.1) is 6.92 Å². The fourth-order valence-corrected chi connectivity index (χ4v) is 2.54. The molecule has 1 aliphatic heterocycles. The Hall–Kier alpha value is -1.06. The van der Waals surface area contributed by atoms with E-state index in [1.165, 1.54) is 30.4 Å². The van der Waals surface area contributed by atoms with Gasteiger partial charge in [0.25, 0.3) is 0 Å². The first-order chi connectivity index (χ1) is 9.20. The third-order valence-corrected chi connectivity index (χ3v) is 4.10. The van der Waals surface area contributed by atoms with Gasteiger partial charge in [-0.2, -0.15) is 0 Å². The van der Waals surface area contributed by atoms with Crippen molar-refractivity contribution in [1.82, 2.24) is 10.2 Å². The molecule has 1 fully saturated rings. The molecule has 2 heterocycles. The Morgan fingerprint density at radius 1 is 1.37 bits per heavy atom. The van der Waals surface area contributed by atoms with Crippen molar-refractivity contribution in [3.05, 3.63) is 34.8 Å². The molecule has 1 aromatic rings. The first-order valence-electron chi connectivity index (χ1n) is 7.40. The molecular formula is C16H24N2O. The minimum Gasteiger partial charge on any atom is -0.463 e. The van der Waals surface area contributed by atoms with Crippen LogP contribution in [0.25, 0.3) is 0 Å². The summed E-state index contributed by atoms with van der Waals surface area (Å²) >= 11 is 0. The molecule has 0 amide bonds. The summed E-state index contributed by atoms with van der Waals surface area (Å²) in [6.45, 7) is 8.40. The summed E-state index contributed by atoms with van der Waals surface area (Å²) in [5, 5.41) is 3.52. The molecule has 0 unspecified atom stereocenters. The number of rotatable bonds is 5. The molecule has 1 aromatic heterocycles. The van der Waals surface area contributed by atoms with Crippen LogP contribution < -0.4 is 5.32 Å². The summed E-state index contributed by atoms with van der Waals surface area (Å²) in [6.07, 6.45) is 6.17. The molecule has 1 N–H and O–H groups in total. The predicted molar refractivity (Wildman–Crippen MR) is 77.0 cm³/mol. The first-order valence-corrected chi connectivity index (χ1v) is 7.40. The van der Waals surface area contributed by atoms with Crippen LogP contribution >= 0.6 is 0 Å². The molecule has 0 radical (unpaired) electrons. The lowest BCUT2D eigenvalue weighted by Gasteiger charge is -2.24. The predicted octanol–water partition coefficient (Wildman–Crippen LogP) is 2.99. The third kappa shape index (κ3) is 3.48. The van der Waals surface area contributed by atoms with Crippen LogP contribution in [-0.4, -0.2) is 24.0 Å². The molecule has 1 saturated carbocycles. The minimum atomic E-state index is 0.739. The van der Waals surface area contributed by atoms with E-state index in [1.54, 1.807) is 0 Å². The van der Waals surface area contributed by atoms with Crippen molar-refractivity contribution in [1.29, 1.82) is 0 Å².